The number of ether oxygens (including phenoxy) is 1. The van der Waals surface area contributed by atoms with Gasteiger partial charge in [0.1, 0.15) is 5.65 Å². The van der Waals surface area contributed by atoms with Crippen molar-refractivity contribution < 1.29 is 9.53 Å². The predicted octanol–water partition coefficient (Wildman–Crippen LogP) is 2.83. The maximum absolute atomic E-state index is 13.1. The molecule has 0 aromatic carbocycles. The van der Waals surface area contributed by atoms with Gasteiger partial charge in [0.25, 0.3) is 5.56 Å². The van der Waals surface area contributed by atoms with Gasteiger partial charge < -0.3 is 10.1 Å². The van der Waals surface area contributed by atoms with Crippen molar-refractivity contribution in [1.29, 1.82) is 0 Å². The largest absolute Gasteiger partial charge is 0.463 e. The van der Waals surface area contributed by atoms with E-state index < -0.39 is 5.97 Å². The van der Waals surface area contributed by atoms with Crippen LogP contribution in [0.3, 0.4) is 0 Å². The summed E-state index contributed by atoms with van der Waals surface area (Å²) in [7, 11) is 1.76. The van der Waals surface area contributed by atoms with E-state index in [1.54, 1.807) is 24.6 Å². The Bertz CT molecular complexity index is 911. The minimum Gasteiger partial charge on any atom is -0.463 e. The first-order chi connectivity index (χ1) is 12.5. The molecule has 3 rings (SSSR count). The lowest BCUT2D eigenvalue weighted by Crippen LogP contribution is -2.27. The maximum atomic E-state index is 13.1. The minimum atomic E-state index is -0.460. The number of hydrogen-bond donors (Lipinski definition) is 1. The summed E-state index contributed by atoms with van der Waals surface area (Å²) in [5.41, 5.74) is 1.75. The first-order valence-electron chi connectivity index (χ1n) is 9.01. The summed E-state index contributed by atoms with van der Waals surface area (Å²) in [5.74, 6) is 0.0360. The molecule has 0 aliphatic heterocycles. The molecule has 138 valence electrons. The molecule has 2 heterocycles. The van der Waals surface area contributed by atoms with Gasteiger partial charge >= 0.3 is 5.97 Å². The second-order valence-corrected chi connectivity index (χ2v) is 6.42. The summed E-state index contributed by atoms with van der Waals surface area (Å²) in [5, 5.41) is 3.77. The van der Waals surface area contributed by atoms with E-state index in [2.05, 4.69) is 15.3 Å². The molecule has 0 radical (unpaired) electrons. The molecule has 0 atom stereocenters. The number of hydrogen-bond acceptors (Lipinski definition) is 6. The summed E-state index contributed by atoms with van der Waals surface area (Å²) in [6, 6.07) is 1.88. The first kappa shape index (κ1) is 18.1. The Morgan fingerprint density at radius 2 is 2.12 bits per heavy atom. The quantitative estimate of drug-likeness (QED) is 0.655. The Morgan fingerprint density at radius 3 is 2.77 bits per heavy atom. The molecule has 0 unspecified atom stereocenters. The highest BCUT2D eigenvalue weighted by atomic mass is 16.5. The summed E-state index contributed by atoms with van der Waals surface area (Å²) in [6.07, 6.45) is 6.94. The third-order valence-corrected chi connectivity index (χ3v) is 4.71. The number of aryl methyl sites for hydroxylation is 1. The third-order valence-electron chi connectivity index (χ3n) is 4.71. The molecule has 1 fully saturated rings. The zero-order chi connectivity index (χ0) is 18.7. The highest BCUT2D eigenvalue weighted by Crippen LogP contribution is 2.31. The highest BCUT2D eigenvalue weighted by Gasteiger charge is 2.23. The number of aromatic nitrogens is 3. The van der Waals surface area contributed by atoms with E-state index in [4.69, 9.17) is 4.74 Å². The smallest absolute Gasteiger partial charge is 0.330 e. The molecule has 1 aliphatic rings. The van der Waals surface area contributed by atoms with E-state index in [1.807, 2.05) is 6.92 Å². The van der Waals surface area contributed by atoms with Crippen LogP contribution >= 0.6 is 0 Å². The zero-order valence-corrected chi connectivity index (χ0v) is 15.4. The molecule has 0 spiro atoms. The SMILES string of the molecule is CCOC(=O)C=Cc1cc2c(C)nc(NC)nc2n(C2CCCC2)c1=O. The van der Waals surface area contributed by atoms with Crippen molar-refractivity contribution in [2.75, 3.05) is 19.0 Å². The lowest BCUT2D eigenvalue weighted by atomic mass is 10.1. The number of rotatable bonds is 5. The number of esters is 1. The van der Waals surface area contributed by atoms with Gasteiger partial charge in [0, 0.05) is 30.1 Å². The van der Waals surface area contributed by atoms with E-state index in [1.165, 1.54) is 12.2 Å². The number of carbonyl (C=O) groups excluding carboxylic acids is 1. The van der Waals surface area contributed by atoms with Crippen LogP contribution < -0.4 is 10.9 Å². The lowest BCUT2D eigenvalue weighted by Gasteiger charge is -2.18. The van der Waals surface area contributed by atoms with Crippen molar-refractivity contribution in [3.05, 3.63) is 33.8 Å². The van der Waals surface area contributed by atoms with Crippen LogP contribution in [0, 0.1) is 6.92 Å². The Hall–Kier alpha value is -2.70. The molecule has 2 aromatic heterocycles. The predicted molar refractivity (Wildman–Crippen MR) is 101 cm³/mol. The van der Waals surface area contributed by atoms with Gasteiger partial charge in [-0.1, -0.05) is 12.8 Å². The summed E-state index contributed by atoms with van der Waals surface area (Å²) >= 11 is 0. The molecule has 1 aliphatic carbocycles. The maximum Gasteiger partial charge on any atom is 0.330 e. The third kappa shape index (κ3) is 3.47. The number of carbonyl (C=O) groups is 1. The van der Waals surface area contributed by atoms with E-state index >= 15 is 0 Å². The molecule has 7 heteroatoms. The van der Waals surface area contributed by atoms with Gasteiger partial charge in [-0.3, -0.25) is 9.36 Å². The van der Waals surface area contributed by atoms with Crippen LogP contribution in [-0.2, 0) is 9.53 Å². The van der Waals surface area contributed by atoms with Crippen LogP contribution in [0.15, 0.2) is 16.9 Å². The average molecular weight is 356 g/mol. The second-order valence-electron chi connectivity index (χ2n) is 6.42. The highest BCUT2D eigenvalue weighted by molar-refractivity contribution is 5.88. The normalized spacial score (nSPS) is 15.0. The van der Waals surface area contributed by atoms with Crippen molar-refractivity contribution in [2.45, 2.75) is 45.6 Å². The zero-order valence-electron chi connectivity index (χ0n) is 15.4. The molecule has 7 nitrogen and oxygen atoms in total. The molecule has 0 amide bonds. The summed E-state index contributed by atoms with van der Waals surface area (Å²) in [6.45, 7) is 3.94. The van der Waals surface area contributed by atoms with Crippen LogP contribution in [0.2, 0.25) is 0 Å². The van der Waals surface area contributed by atoms with Gasteiger partial charge in [0.05, 0.1) is 12.3 Å². The van der Waals surface area contributed by atoms with Gasteiger partial charge in [0.15, 0.2) is 0 Å². The lowest BCUT2D eigenvalue weighted by molar-refractivity contribution is -0.137. The van der Waals surface area contributed by atoms with Crippen molar-refractivity contribution >= 4 is 29.0 Å². The fraction of sp³-hybridized carbons (Fsp3) is 0.474. The van der Waals surface area contributed by atoms with Crippen LogP contribution in [0.25, 0.3) is 17.1 Å². The molecule has 26 heavy (non-hydrogen) atoms. The number of nitrogens with one attached hydrogen (secondary N) is 1. The van der Waals surface area contributed by atoms with Crippen LogP contribution in [0.5, 0.6) is 0 Å². The first-order valence-corrected chi connectivity index (χ1v) is 9.01. The molecule has 0 bridgehead atoms. The van der Waals surface area contributed by atoms with E-state index in [-0.39, 0.29) is 11.6 Å². The number of pyridine rings is 1. The Balaban J connectivity index is 2.21. The topological polar surface area (TPSA) is 86.1 Å². The standard InChI is InChI=1S/C19H24N4O3/c1-4-26-16(24)10-9-13-11-15-12(2)21-19(20-3)22-17(15)23(18(13)25)14-7-5-6-8-14/h9-11,14H,4-8H2,1-3H3,(H,20,21,22). The summed E-state index contributed by atoms with van der Waals surface area (Å²) in [4.78, 5) is 33.7. The van der Waals surface area contributed by atoms with Crippen molar-refractivity contribution in [1.82, 2.24) is 14.5 Å². The molecule has 1 N–H and O–H groups in total. The number of anilines is 1. The van der Waals surface area contributed by atoms with Crippen molar-refractivity contribution in [3.8, 4) is 0 Å². The minimum absolute atomic E-state index is 0.125. The average Bonchev–Trinajstić information content (AvgIpc) is 3.14. The second kappa shape index (κ2) is 7.68. The van der Waals surface area contributed by atoms with Crippen LogP contribution in [0.4, 0.5) is 5.95 Å². The Morgan fingerprint density at radius 1 is 1.38 bits per heavy atom. The van der Waals surface area contributed by atoms with Crippen molar-refractivity contribution in [2.24, 2.45) is 0 Å². The monoisotopic (exact) mass is 356 g/mol. The van der Waals surface area contributed by atoms with E-state index in [0.29, 0.717) is 23.8 Å². The van der Waals surface area contributed by atoms with Gasteiger partial charge in [-0.05, 0) is 38.8 Å². The molecule has 0 saturated heterocycles. The van der Waals surface area contributed by atoms with Crippen molar-refractivity contribution in [3.63, 3.8) is 0 Å². The Kier molecular flexibility index (Phi) is 5.35. The van der Waals surface area contributed by atoms with Crippen LogP contribution in [0.1, 0.15) is 49.9 Å². The molecule has 2 aromatic rings. The van der Waals surface area contributed by atoms with Gasteiger partial charge in [-0.2, -0.15) is 4.98 Å². The summed E-state index contributed by atoms with van der Waals surface area (Å²) < 4.78 is 6.69. The van der Waals surface area contributed by atoms with Gasteiger partial charge in [-0.15, -0.1) is 0 Å². The number of fused-ring (bicyclic) bond motifs is 1. The van der Waals surface area contributed by atoms with E-state index in [0.717, 1.165) is 36.8 Å². The van der Waals surface area contributed by atoms with Gasteiger partial charge in [-0.25, -0.2) is 9.78 Å². The fourth-order valence-electron chi connectivity index (χ4n) is 3.45. The van der Waals surface area contributed by atoms with Crippen LogP contribution in [-0.4, -0.2) is 34.2 Å². The Labute approximate surface area is 152 Å². The number of nitrogens with zero attached hydrogens (tertiary/aromatic N) is 3. The van der Waals surface area contributed by atoms with E-state index in [9.17, 15) is 9.59 Å². The molecular weight excluding hydrogens is 332 g/mol. The molecule has 1 saturated carbocycles. The molecular formula is C19H24N4O3. The van der Waals surface area contributed by atoms with Gasteiger partial charge in [0.2, 0.25) is 5.95 Å². The fourth-order valence-corrected chi connectivity index (χ4v) is 3.45.